The summed E-state index contributed by atoms with van der Waals surface area (Å²) >= 11 is 5.78. The molecular weight excluding hydrogens is 352 g/mol. The number of methoxy groups -OCH3 is 1. The Morgan fingerprint density at radius 3 is 2.42 bits per heavy atom. The molecule has 1 aromatic carbocycles. The first-order chi connectivity index (χ1) is 11.3. The highest BCUT2D eigenvalue weighted by atomic mass is 35.5. The molecule has 0 saturated heterocycles. The third-order valence-electron chi connectivity index (χ3n) is 3.69. The number of aromatic nitrogens is 1. The van der Waals surface area contributed by atoms with E-state index >= 15 is 0 Å². The van der Waals surface area contributed by atoms with Crippen molar-refractivity contribution in [1.82, 2.24) is 9.29 Å². The van der Waals surface area contributed by atoms with Crippen LogP contribution in [0.3, 0.4) is 0 Å². The normalized spacial score (nSPS) is 12.9. The first-order valence-electron chi connectivity index (χ1n) is 7.07. The maximum absolute atomic E-state index is 12.9. The predicted octanol–water partition coefficient (Wildman–Crippen LogP) is 2.90. The Bertz CT molecular complexity index is 840. The van der Waals surface area contributed by atoms with Crippen LogP contribution >= 0.6 is 11.6 Å². The van der Waals surface area contributed by atoms with Crippen molar-refractivity contribution in [3.8, 4) is 0 Å². The van der Waals surface area contributed by atoms with Gasteiger partial charge in [0.15, 0.2) is 5.69 Å². The van der Waals surface area contributed by atoms with Crippen molar-refractivity contribution in [2.24, 2.45) is 0 Å². The molecule has 0 bridgehead atoms. The number of rotatable bonds is 5. The highest BCUT2D eigenvalue weighted by Gasteiger charge is 2.31. The summed E-state index contributed by atoms with van der Waals surface area (Å²) in [5.41, 5.74) is 0.488. The molecule has 0 saturated carbocycles. The second-order valence-electron chi connectivity index (χ2n) is 5.08. The lowest BCUT2D eigenvalue weighted by Gasteiger charge is -2.25. The minimum atomic E-state index is -3.98. The first kappa shape index (κ1) is 18.4. The van der Waals surface area contributed by atoms with Gasteiger partial charge in [-0.25, -0.2) is 18.2 Å². The van der Waals surface area contributed by atoms with Gasteiger partial charge in [0.2, 0.25) is 10.0 Å². The van der Waals surface area contributed by atoms with E-state index < -0.39 is 22.0 Å². The standard InChI is InChI=1S/C16H17ClN2O4S/c1-11(12-7-5-4-6-8-12)19(2)24(21,22)13-9-10-14(17)18-15(13)16(20)23-3/h4-11H,1-3H3/t11-/m0/s1. The summed E-state index contributed by atoms with van der Waals surface area (Å²) in [4.78, 5) is 15.4. The molecule has 1 atom stereocenters. The molecule has 8 heteroatoms. The van der Waals surface area contributed by atoms with Crippen molar-refractivity contribution in [2.45, 2.75) is 17.9 Å². The van der Waals surface area contributed by atoms with Crippen LogP contribution in [-0.2, 0) is 14.8 Å². The molecule has 2 rings (SSSR count). The zero-order chi connectivity index (χ0) is 17.9. The van der Waals surface area contributed by atoms with Gasteiger partial charge in [-0.1, -0.05) is 41.9 Å². The SMILES string of the molecule is COC(=O)c1nc(Cl)ccc1S(=O)(=O)N(C)[C@@H](C)c1ccccc1. The number of esters is 1. The minimum Gasteiger partial charge on any atom is -0.464 e. The summed E-state index contributed by atoms with van der Waals surface area (Å²) in [6.45, 7) is 1.76. The average molecular weight is 369 g/mol. The molecule has 0 aliphatic heterocycles. The van der Waals surface area contributed by atoms with E-state index in [1.54, 1.807) is 6.92 Å². The van der Waals surface area contributed by atoms with Crippen LogP contribution in [0.25, 0.3) is 0 Å². The van der Waals surface area contributed by atoms with Crippen LogP contribution in [0.4, 0.5) is 0 Å². The maximum atomic E-state index is 12.9. The molecule has 0 spiro atoms. The lowest BCUT2D eigenvalue weighted by atomic mass is 10.1. The molecule has 0 aliphatic carbocycles. The van der Waals surface area contributed by atoms with Crippen LogP contribution in [0.5, 0.6) is 0 Å². The summed E-state index contributed by atoms with van der Waals surface area (Å²) in [5, 5.41) is 0.00751. The van der Waals surface area contributed by atoms with E-state index in [-0.39, 0.29) is 15.7 Å². The van der Waals surface area contributed by atoms with Crippen molar-refractivity contribution < 1.29 is 17.9 Å². The number of ether oxygens (including phenoxy) is 1. The Labute approximate surface area is 146 Å². The molecule has 0 unspecified atom stereocenters. The zero-order valence-corrected chi connectivity index (χ0v) is 15.0. The monoisotopic (exact) mass is 368 g/mol. The van der Waals surface area contributed by atoms with Crippen molar-refractivity contribution in [3.63, 3.8) is 0 Å². The van der Waals surface area contributed by atoms with Crippen molar-refractivity contribution >= 4 is 27.6 Å². The summed E-state index contributed by atoms with van der Waals surface area (Å²) < 4.78 is 31.7. The fourth-order valence-corrected chi connectivity index (χ4v) is 3.79. The average Bonchev–Trinajstić information content (AvgIpc) is 2.60. The molecule has 24 heavy (non-hydrogen) atoms. The predicted molar refractivity (Wildman–Crippen MR) is 90.4 cm³/mol. The second-order valence-corrected chi connectivity index (χ2v) is 7.43. The number of halogens is 1. The van der Waals surface area contributed by atoms with Gasteiger partial charge in [0.25, 0.3) is 0 Å². The van der Waals surface area contributed by atoms with Crippen LogP contribution in [0.1, 0.15) is 29.0 Å². The van der Waals surface area contributed by atoms with Gasteiger partial charge in [-0.15, -0.1) is 0 Å². The highest BCUT2D eigenvalue weighted by molar-refractivity contribution is 7.89. The van der Waals surface area contributed by atoms with Gasteiger partial charge in [0, 0.05) is 13.1 Å². The quantitative estimate of drug-likeness (QED) is 0.599. The van der Waals surface area contributed by atoms with Gasteiger partial charge >= 0.3 is 5.97 Å². The third-order valence-corrected chi connectivity index (χ3v) is 5.86. The molecule has 1 heterocycles. The largest absolute Gasteiger partial charge is 0.464 e. The Balaban J connectivity index is 2.49. The van der Waals surface area contributed by atoms with E-state index in [4.69, 9.17) is 11.6 Å². The first-order valence-corrected chi connectivity index (χ1v) is 8.88. The number of nitrogens with zero attached hydrogens (tertiary/aromatic N) is 2. The number of carbonyl (C=O) groups excluding carboxylic acids is 1. The van der Waals surface area contributed by atoms with Crippen LogP contribution in [0.2, 0.25) is 5.15 Å². The molecule has 6 nitrogen and oxygen atoms in total. The highest BCUT2D eigenvalue weighted by Crippen LogP contribution is 2.28. The van der Waals surface area contributed by atoms with Gasteiger partial charge < -0.3 is 4.74 Å². The van der Waals surface area contributed by atoms with Crippen LogP contribution in [0, 0.1) is 0 Å². The summed E-state index contributed by atoms with van der Waals surface area (Å²) in [7, 11) is -1.38. The van der Waals surface area contributed by atoms with E-state index in [0.717, 1.165) is 12.7 Å². The van der Waals surface area contributed by atoms with Crippen LogP contribution < -0.4 is 0 Å². The molecule has 1 aromatic heterocycles. The summed E-state index contributed by atoms with van der Waals surface area (Å²) in [6.07, 6.45) is 0. The Morgan fingerprint density at radius 1 is 1.21 bits per heavy atom. The van der Waals surface area contributed by atoms with Gasteiger partial charge in [0.05, 0.1) is 7.11 Å². The topological polar surface area (TPSA) is 76.6 Å². The Hall–Kier alpha value is -1.96. The molecule has 0 aliphatic rings. The Kier molecular flexibility index (Phi) is 5.58. The third kappa shape index (κ3) is 3.58. The lowest BCUT2D eigenvalue weighted by molar-refractivity contribution is 0.0589. The molecule has 128 valence electrons. The molecule has 0 fully saturated rings. The van der Waals surface area contributed by atoms with Gasteiger partial charge in [0.1, 0.15) is 10.0 Å². The number of sulfonamides is 1. The second kappa shape index (κ2) is 7.29. The zero-order valence-electron chi connectivity index (χ0n) is 13.4. The van der Waals surface area contributed by atoms with Crippen LogP contribution in [0.15, 0.2) is 47.4 Å². The number of carbonyl (C=O) groups is 1. The summed E-state index contributed by atoms with van der Waals surface area (Å²) in [6, 6.07) is 11.3. The summed E-state index contributed by atoms with van der Waals surface area (Å²) in [5.74, 6) is -0.864. The van der Waals surface area contributed by atoms with E-state index in [9.17, 15) is 13.2 Å². The van der Waals surface area contributed by atoms with Gasteiger partial charge in [-0.05, 0) is 24.6 Å². The van der Waals surface area contributed by atoms with Crippen molar-refractivity contribution in [3.05, 3.63) is 58.9 Å². The number of pyridine rings is 1. The number of hydrogen-bond acceptors (Lipinski definition) is 5. The van der Waals surface area contributed by atoms with Gasteiger partial charge in [-0.3, -0.25) is 0 Å². The Morgan fingerprint density at radius 2 is 1.83 bits per heavy atom. The van der Waals surface area contributed by atoms with Crippen molar-refractivity contribution in [1.29, 1.82) is 0 Å². The van der Waals surface area contributed by atoms with E-state index in [1.807, 2.05) is 30.3 Å². The lowest BCUT2D eigenvalue weighted by Crippen LogP contribution is -2.31. The fourth-order valence-electron chi connectivity index (χ4n) is 2.18. The van der Waals surface area contributed by atoms with Crippen LogP contribution in [-0.4, -0.2) is 37.8 Å². The van der Waals surface area contributed by atoms with E-state index in [2.05, 4.69) is 9.72 Å². The molecule has 2 aromatic rings. The molecule has 0 N–H and O–H groups in total. The maximum Gasteiger partial charge on any atom is 0.358 e. The minimum absolute atomic E-state index is 0.00751. The molecule has 0 amide bonds. The van der Waals surface area contributed by atoms with Crippen molar-refractivity contribution in [2.75, 3.05) is 14.2 Å². The molecule has 0 radical (unpaired) electrons. The smallest absolute Gasteiger partial charge is 0.358 e. The fraction of sp³-hybridized carbons (Fsp3) is 0.250. The molecular formula is C16H17ClN2O4S. The van der Waals surface area contributed by atoms with E-state index in [0.29, 0.717) is 0 Å². The number of benzene rings is 1. The number of hydrogen-bond donors (Lipinski definition) is 0. The van der Waals surface area contributed by atoms with Gasteiger partial charge in [-0.2, -0.15) is 4.31 Å². The van der Waals surface area contributed by atoms with E-state index in [1.165, 1.54) is 23.5 Å².